The summed E-state index contributed by atoms with van der Waals surface area (Å²) in [5, 5.41) is 13.8. The predicted octanol–water partition coefficient (Wildman–Crippen LogP) is 16.5. The second-order valence-electron chi connectivity index (χ2n) is 20.7. The van der Waals surface area contributed by atoms with Gasteiger partial charge in [0.15, 0.2) is 0 Å². The molecule has 8 nitrogen and oxygen atoms in total. The van der Waals surface area contributed by atoms with Crippen molar-refractivity contribution in [2.75, 3.05) is 40.9 Å². The zero-order valence-electron chi connectivity index (χ0n) is 43.1. The van der Waals surface area contributed by atoms with Crippen LogP contribution in [0.5, 0.6) is 0 Å². The van der Waals surface area contributed by atoms with Crippen molar-refractivity contribution in [3.05, 3.63) is 0 Å². The molecule has 0 fully saturated rings. The van der Waals surface area contributed by atoms with Crippen LogP contribution in [0.3, 0.4) is 0 Å². The molecule has 3 N–H and O–H groups in total. The predicted molar refractivity (Wildman–Crippen MR) is 272 cm³/mol. The Hall–Kier alpha value is -0.500. The number of aliphatic hydroxyl groups excluding tert-OH is 1. The highest BCUT2D eigenvalue weighted by atomic mass is 31.2. The molecule has 378 valence electrons. The fourth-order valence-corrected chi connectivity index (χ4v) is 9.43. The van der Waals surface area contributed by atoms with Crippen molar-refractivity contribution in [1.82, 2.24) is 5.32 Å². The first-order valence-corrected chi connectivity index (χ1v) is 29.4. The van der Waals surface area contributed by atoms with Gasteiger partial charge in [0.2, 0.25) is 5.91 Å². The molecule has 0 aromatic rings. The summed E-state index contributed by atoms with van der Waals surface area (Å²) in [6.45, 7) is 4.83. The van der Waals surface area contributed by atoms with E-state index in [0.717, 1.165) is 51.4 Å². The second-order valence-corrected chi connectivity index (χ2v) is 22.1. The minimum absolute atomic E-state index is 0.0774. The maximum Gasteiger partial charge on any atom is 0.472 e. The Labute approximate surface area is 393 Å². The monoisotopic (exact) mass is 916 g/mol. The molecule has 0 aliphatic rings. The molecular weight excluding hydrogens is 804 g/mol. The molecular formula is C54H112N2O6P+. The number of nitrogens with one attached hydrogen (secondary N) is 1. The number of likely N-dealkylation sites (N-methyl/N-ethyl adjacent to an activating group) is 1. The highest BCUT2D eigenvalue weighted by Crippen LogP contribution is 2.43. The lowest BCUT2D eigenvalue weighted by Gasteiger charge is -2.26. The van der Waals surface area contributed by atoms with Crippen LogP contribution in [-0.2, 0) is 18.4 Å². The van der Waals surface area contributed by atoms with Gasteiger partial charge in [0.05, 0.1) is 39.9 Å². The van der Waals surface area contributed by atoms with E-state index < -0.39 is 20.0 Å². The summed E-state index contributed by atoms with van der Waals surface area (Å²) in [7, 11) is 1.63. The molecule has 3 atom stereocenters. The third kappa shape index (κ3) is 49.2. The van der Waals surface area contributed by atoms with Gasteiger partial charge in [-0.25, -0.2) is 4.57 Å². The summed E-state index contributed by atoms with van der Waals surface area (Å²) >= 11 is 0. The zero-order chi connectivity index (χ0) is 46.4. The Morgan fingerprint density at radius 3 is 1.06 bits per heavy atom. The van der Waals surface area contributed by atoms with Crippen LogP contribution in [-0.4, -0.2) is 73.4 Å². The Bertz CT molecular complexity index is 994. The number of rotatable bonds is 52. The van der Waals surface area contributed by atoms with E-state index in [9.17, 15) is 19.4 Å². The maximum atomic E-state index is 12.8. The molecule has 0 aromatic heterocycles. The zero-order valence-corrected chi connectivity index (χ0v) is 44.0. The van der Waals surface area contributed by atoms with Crippen LogP contribution in [0, 0.1) is 0 Å². The molecule has 0 aromatic carbocycles. The summed E-state index contributed by atoms with van der Waals surface area (Å²) in [5.41, 5.74) is 0. The van der Waals surface area contributed by atoms with E-state index in [-0.39, 0.29) is 19.1 Å². The number of aliphatic hydroxyl groups is 1. The third-order valence-electron chi connectivity index (χ3n) is 13.1. The summed E-state index contributed by atoms with van der Waals surface area (Å²) in [6, 6.07) is -0.751. The van der Waals surface area contributed by atoms with Gasteiger partial charge in [-0.05, 0) is 12.8 Å². The van der Waals surface area contributed by atoms with Gasteiger partial charge in [0, 0.05) is 6.42 Å². The van der Waals surface area contributed by atoms with E-state index in [1.807, 2.05) is 21.1 Å². The summed E-state index contributed by atoms with van der Waals surface area (Å²) < 4.78 is 23.5. The molecule has 63 heavy (non-hydrogen) atoms. The summed E-state index contributed by atoms with van der Waals surface area (Å²) in [6.07, 6.45) is 55.3. The Morgan fingerprint density at radius 2 is 0.762 bits per heavy atom. The number of carbonyl (C=O) groups excluding carboxylic acids is 1. The Morgan fingerprint density at radius 1 is 0.476 bits per heavy atom. The lowest BCUT2D eigenvalue weighted by Crippen LogP contribution is -2.46. The summed E-state index contributed by atoms with van der Waals surface area (Å²) in [5.74, 6) is -0.145. The van der Waals surface area contributed by atoms with Crippen LogP contribution in [0.2, 0.25) is 0 Å². The van der Waals surface area contributed by atoms with Crippen molar-refractivity contribution >= 4 is 13.7 Å². The van der Waals surface area contributed by atoms with Gasteiger partial charge >= 0.3 is 7.82 Å². The van der Waals surface area contributed by atoms with Crippen molar-refractivity contribution in [1.29, 1.82) is 0 Å². The van der Waals surface area contributed by atoms with Gasteiger partial charge in [0.1, 0.15) is 13.2 Å². The average molecular weight is 916 g/mol. The van der Waals surface area contributed by atoms with E-state index in [2.05, 4.69) is 19.2 Å². The van der Waals surface area contributed by atoms with Crippen LogP contribution in [0.1, 0.15) is 290 Å². The molecule has 0 saturated heterocycles. The van der Waals surface area contributed by atoms with E-state index in [4.69, 9.17) is 9.05 Å². The number of phosphoric acid groups is 1. The number of amides is 1. The van der Waals surface area contributed by atoms with Crippen LogP contribution in [0.15, 0.2) is 0 Å². The minimum atomic E-state index is -4.30. The largest absolute Gasteiger partial charge is 0.472 e. The number of hydrogen-bond donors (Lipinski definition) is 3. The van der Waals surface area contributed by atoms with Gasteiger partial charge in [0.25, 0.3) is 0 Å². The molecule has 9 heteroatoms. The first kappa shape index (κ1) is 62.5. The van der Waals surface area contributed by atoms with Crippen LogP contribution >= 0.6 is 7.82 Å². The lowest BCUT2D eigenvalue weighted by atomic mass is 10.0. The van der Waals surface area contributed by atoms with Crippen LogP contribution < -0.4 is 5.32 Å². The second kappa shape index (κ2) is 46.6. The molecule has 0 heterocycles. The number of nitrogens with zero attached hydrogens (tertiary/aromatic N) is 1. The van der Waals surface area contributed by atoms with Crippen molar-refractivity contribution in [2.24, 2.45) is 0 Å². The van der Waals surface area contributed by atoms with E-state index in [1.165, 1.54) is 212 Å². The quantitative estimate of drug-likeness (QED) is 0.0319. The number of quaternary nitrogens is 1. The van der Waals surface area contributed by atoms with E-state index >= 15 is 0 Å². The van der Waals surface area contributed by atoms with Gasteiger partial charge in [-0.1, -0.05) is 271 Å². The topological polar surface area (TPSA) is 105 Å². The molecule has 3 unspecified atom stereocenters. The molecule has 0 rings (SSSR count). The molecule has 1 amide bonds. The van der Waals surface area contributed by atoms with Gasteiger partial charge in [-0.3, -0.25) is 13.8 Å². The van der Waals surface area contributed by atoms with Crippen molar-refractivity contribution in [3.63, 3.8) is 0 Å². The normalized spacial score (nSPS) is 14.0. The Kier molecular flexibility index (Phi) is 46.2. The van der Waals surface area contributed by atoms with Crippen molar-refractivity contribution in [2.45, 2.75) is 302 Å². The van der Waals surface area contributed by atoms with Crippen LogP contribution in [0.25, 0.3) is 0 Å². The van der Waals surface area contributed by atoms with Crippen molar-refractivity contribution in [3.8, 4) is 0 Å². The average Bonchev–Trinajstić information content (AvgIpc) is 3.24. The molecule has 0 spiro atoms. The first-order valence-electron chi connectivity index (χ1n) is 27.9. The molecule has 0 radical (unpaired) electrons. The SMILES string of the molecule is CCCCCCCCCCCCCCCCCCCCCCCCCCCCCCCCCCCCCCC(=O)NC(COP(=O)(O)OCC[N+](C)(C)C)C(O)CCCCCCC. The molecule has 0 bridgehead atoms. The van der Waals surface area contributed by atoms with E-state index in [1.54, 1.807) is 0 Å². The van der Waals surface area contributed by atoms with Gasteiger partial charge in [-0.2, -0.15) is 0 Å². The fourth-order valence-electron chi connectivity index (χ4n) is 8.70. The fraction of sp³-hybridized carbons (Fsp3) is 0.981. The third-order valence-corrected chi connectivity index (χ3v) is 14.1. The van der Waals surface area contributed by atoms with Crippen LogP contribution in [0.4, 0.5) is 0 Å². The lowest BCUT2D eigenvalue weighted by molar-refractivity contribution is -0.870. The summed E-state index contributed by atoms with van der Waals surface area (Å²) in [4.78, 5) is 23.0. The number of phosphoric ester groups is 1. The van der Waals surface area contributed by atoms with E-state index in [0.29, 0.717) is 23.9 Å². The highest BCUT2D eigenvalue weighted by Gasteiger charge is 2.28. The number of hydrogen-bond acceptors (Lipinski definition) is 5. The maximum absolute atomic E-state index is 12.8. The standard InChI is InChI=1S/C54H111N2O6P/c1-6-8-10-12-13-14-15-16-17-18-19-20-21-22-23-24-25-26-27-28-29-30-31-32-33-34-35-36-37-38-39-40-41-42-44-46-48-54(58)55-52(53(57)47-45-43-11-9-7-2)51-62-63(59,60)61-50-49-56(3,4)5/h52-53,57H,6-51H2,1-5H3,(H-,55,58,59,60)/p+1. The smallest absolute Gasteiger partial charge is 0.391 e. The highest BCUT2D eigenvalue weighted by molar-refractivity contribution is 7.47. The van der Waals surface area contributed by atoms with Crippen molar-refractivity contribution < 1.29 is 32.9 Å². The van der Waals surface area contributed by atoms with Gasteiger partial charge in [-0.15, -0.1) is 0 Å². The first-order chi connectivity index (χ1) is 30.5. The Balaban J connectivity index is 3.65. The minimum Gasteiger partial charge on any atom is -0.391 e. The number of carbonyl (C=O) groups is 1. The number of unbranched alkanes of at least 4 members (excludes halogenated alkanes) is 39. The molecule has 0 aliphatic heterocycles. The molecule has 0 saturated carbocycles. The van der Waals surface area contributed by atoms with Gasteiger partial charge < -0.3 is 19.8 Å². The molecule has 0 aliphatic carbocycles.